The second kappa shape index (κ2) is 8.64. The number of carbonyl (C=O) groups is 1. The summed E-state index contributed by atoms with van der Waals surface area (Å²) < 4.78 is 4.95. The van der Waals surface area contributed by atoms with Crippen molar-refractivity contribution < 1.29 is 14.6 Å². The van der Waals surface area contributed by atoms with Gasteiger partial charge in [0.2, 0.25) is 5.91 Å². The van der Waals surface area contributed by atoms with Crippen molar-refractivity contribution in [1.29, 1.82) is 0 Å². The Hall–Kier alpha value is -0.650. The van der Waals surface area contributed by atoms with Gasteiger partial charge in [0.1, 0.15) is 0 Å². The van der Waals surface area contributed by atoms with Crippen molar-refractivity contribution >= 4 is 5.91 Å². The Morgan fingerprint density at radius 1 is 1.53 bits per heavy atom. The first-order valence-electron chi connectivity index (χ1n) is 5.25. The van der Waals surface area contributed by atoms with Gasteiger partial charge in [-0.1, -0.05) is 6.92 Å². The second-order valence-electron chi connectivity index (χ2n) is 3.65. The molecule has 0 fully saturated rings. The molecule has 0 aliphatic carbocycles. The van der Waals surface area contributed by atoms with Crippen LogP contribution in [0.1, 0.15) is 19.8 Å². The maximum Gasteiger partial charge on any atom is 0.223 e. The smallest absolute Gasteiger partial charge is 0.223 e. The molecule has 2 atom stereocenters. The number of nitrogens with two attached hydrogens (primary N) is 1. The molecule has 5 heteroatoms. The normalized spacial score (nSPS) is 14.7. The van der Waals surface area contributed by atoms with Crippen LogP contribution in [0.5, 0.6) is 0 Å². The molecule has 90 valence electrons. The molecular formula is C10H22N2O3. The number of amides is 1. The number of ether oxygens (including phenoxy) is 1. The fourth-order valence-corrected chi connectivity index (χ4v) is 1.28. The molecule has 0 spiro atoms. The molecule has 0 aromatic rings. The van der Waals surface area contributed by atoms with Crippen LogP contribution < -0.4 is 11.1 Å². The molecule has 15 heavy (non-hydrogen) atoms. The molecule has 0 rings (SSSR count). The van der Waals surface area contributed by atoms with Crippen LogP contribution in [0.4, 0.5) is 0 Å². The van der Waals surface area contributed by atoms with Crippen LogP contribution in [-0.2, 0) is 9.53 Å². The quantitative estimate of drug-likeness (QED) is 0.512. The van der Waals surface area contributed by atoms with Gasteiger partial charge < -0.3 is 20.9 Å². The molecule has 2 unspecified atom stereocenters. The fourth-order valence-electron chi connectivity index (χ4n) is 1.28. The van der Waals surface area contributed by atoms with E-state index in [9.17, 15) is 4.79 Å². The highest BCUT2D eigenvalue weighted by molar-refractivity contribution is 5.78. The minimum absolute atomic E-state index is 0.0315. The van der Waals surface area contributed by atoms with E-state index in [0.717, 1.165) is 0 Å². The second-order valence-corrected chi connectivity index (χ2v) is 3.65. The fraction of sp³-hybridized carbons (Fsp3) is 0.900. The molecule has 0 bridgehead atoms. The lowest BCUT2D eigenvalue weighted by molar-refractivity contribution is -0.125. The average molecular weight is 218 g/mol. The van der Waals surface area contributed by atoms with Crippen LogP contribution in [0.15, 0.2) is 0 Å². The Morgan fingerprint density at radius 2 is 2.20 bits per heavy atom. The number of carbonyl (C=O) groups excluding carboxylic acids is 1. The van der Waals surface area contributed by atoms with Crippen molar-refractivity contribution in [2.75, 3.05) is 26.9 Å². The summed E-state index contributed by atoms with van der Waals surface area (Å²) in [7, 11) is 1.57. The maximum absolute atomic E-state index is 11.6. The highest BCUT2D eigenvalue weighted by Gasteiger charge is 2.16. The number of rotatable bonds is 8. The Morgan fingerprint density at radius 3 is 2.67 bits per heavy atom. The molecule has 5 nitrogen and oxygen atoms in total. The van der Waals surface area contributed by atoms with Crippen molar-refractivity contribution in [3.8, 4) is 0 Å². The molecule has 0 saturated carbocycles. The summed E-state index contributed by atoms with van der Waals surface area (Å²) in [6.45, 7) is 2.80. The highest BCUT2D eigenvalue weighted by Crippen LogP contribution is 2.02. The standard InChI is InChI=1S/C10H22N2O3/c1-8(3-5-11)10(14)12-9(4-6-13)7-15-2/h8-9,13H,3-7,11H2,1-2H3,(H,12,14). The van der Waals surface area contributed by atoms with Gasteiger partial charge in [-0.05, 0) is 19.4 Å². The lowest BCUT2D eigenvalue weighted by atomic mass is 10.1. The van der Waals surface area contributed by atoms with E-state index in [1.165, 1.54) is 0 Å². The number of aliphatic hydroxyl groups excluding tert-OH is 1. The Balaban J connectivity index is 3.97. The lowest BCUT2D eigenvalue weighted by Crippen LogP contribution is -2.41. The van der Waals surface area contributed by atoms with Gasteiger partial charge in [-0.25, -0.2) is 0 Å². The zero-order valence-corrected chi connectivity index (χ0v) is 9.53. The van der Waals surface area contributed by atoms with Gasteiger partial charge in [0.05, 0.1) is 12.6 Å². The van der Waals surface area contributed by atoms with Gasteiger partial charge in [-0.2, -0.15) is 0 Å². The van der Waals surface area contributed by atoms with E-state index in [4.69, 9.17) is 15.6 Å². The number of hydrogen-bond acceptors (Lipinski definition) is 4. The van der Waals surface area contributed by atoms with Gasteiger partial charge in [0, 0.05) is 19.6 Å². The van der Waals surface area contributed by atoms with E-state index < -0.39 is 0 Å². The van der Waals surface area contributed by atoms with Crippen LogP contribution in [-0.4, -0.2) is 43.9 Å². The van der Waals surface area contributed by atoms with E-state index in [1.807, 2.05) is 6.92 Å². The molecular weight excluding hydrogens is 196 g/mol. The minimum atomic E-state index is -0.118. The van der Waals surface area contributed by atoms with Crippen LogP contribution in [0, 0.1) is 5.92 Å². The van der Waals surface area contributed by atoms with Gasteiger partial charge in [-0.15, -0.1) is 0 Å². The number of aliphatic hydroxyl groups is 1. The van der Waals surface area contributed by atoms with Crippen LogP contribution >= 0.6 is 0 Å². The number of methoxy groups -OCH3 is 1. The van der Waals surface area contributed by atoms with E-state index in [-0.39, 0.29) is 24.5 Å². The van der Waals surface area contributed by atoms with Gasteiger partial charge in [0.25, 0.3) is 0 Å². The third-order valence-corrected chi connectivity index (χ3v) is 2.24. The third-order valence-electron chi connectivity index (χ3n) is 2.24. The van der Waals surface area contributed by atoms with Crippen LogP contribution in [0.2, 0.25) is 0 Å². The molecule has 4 N–H and O–H groups in total. The highest BCUT2D eigenvalue weighted by atomic mass is 16.5. The van der Waals surface area contributed by atoms with Crippen molar-refractivity contribution in [2.45, 2.75) is 25.8 Å². The Kier molecular flexibility index (Phi) is 8.27. The lowest BCUT2D eigenvalue weighted by Gasteiger charge is -2.19. The van der Waals surface area contributed by atoms with Crippen molar-refractivity contribution in [3.05, 3.63) is 0 Å². The summed E-state index contributed by atoms with van der Waals surface area (Å²) in [5.41, 5.74) is 5.37. The molecule has 0 aliphatic heterocycles. The van der Waals surface area contributed by atoms with Crippen LogP contribution in [0.25, 0.3) is 0 Å². The first-order valence-corrected chi connectivity index (χ1v) is 5.25. The largest absolute Gasteiger partial charge is 0.396 e. The van der Waals surface area contributed by atoms with Crippen molar-refractivity contribution in [1.82, 2.24) is 5.32 Å². The molecule has 0 aromatic carbocycles. The van der Waals surface area contributed by atoms with E-state index in [0.29, 0.717) is 26.0 Å². The summed E-state index contributed by atoms with van der Waals surface area (Å²) in [5, 5.41) is 11.6. The molecule has 0 radical (unpaired) electrons. The van der Waals surface area contributed by atoms with E-state index >= 15 is 0 Å². The predicted octanol–water partition coefficient (Wildman–Crippen LogP) is -0.515. The summed E-state index contributed by atoms with van der Waals surface area (Å²) >= 11 is 0. The molecule has 0 heterocycles. The monoisotopic (exact) mass is 218 g/mol. The Labute approximate surface area is 91.0 Å². The zero-order valence-electron chi connectivity index (χ0n) is 9.53. The number of nitrogens with one attached hydrogen (secondary N) is 1. The van der Waals surface area contributed by atoms with E-state index in [2.05, 4.69) is 5.32 Å². The topological polar surface area (TPSA) is 84.6 Å². The third kappa shape index (κ3) is 6.43. The molecule has 0 aliphatic rings. The van der Waals surface area contributed by atoms with E-state index in [1.54, 1.807) is 7.11 Å². The minimum Gasteiger partial charge on any atom is -0.396 e. The summed E-state index contributed by atoms with van der Waals surface area (Å²) in [5.74, 6) is -0.121. The number of hydrogen-bond donors (Lipinski definition) is 3. The summed E-state index contributed by atoms with van der Waals surface area (Å²) in [6, 6.07) is -0.118. The van der Waals surface area contributed by atoms with Gasteiger partial charge in [-0.3, -0.25) is 4.79 Å². The SMILES string of the molecule is COCC(CCO)NC(=O)C(C)CCN. The maximum atomic E-state index is 11.6. The average Bonchev–Trinajstić information content (AvgIpc) is 2.18. The van der Waals surface area contributed by atoms with Crippen LogP contribution in [0.3, 0.4) is 0 Å². The first kappa shape index (κ1) is 14.3. The Bertz CT molecular complexity index is 170. The zero-order chi connectivity index (χ0) is 11.7. The molecule has 0 aromatic heterocycles. The van der Waals surface area contributed by atoms with Crippen molar-refractivity contribution in [3.63, 3.8) is 0 Å². The predicted molar refractivity (Wildman–Crippen MR) is 58.3 cm³/mol. The summed E-state index contributed by atoms with van der Waals surface area (Å²) in [4.78, 5) is 11.6. The summed E-state index contributed by atoms with van der Waals surface area (Å²) in [6.07, 6.45) is 1.18. The molecule has 0 saturated heterocycles. The first-order chi connectivity index (χ1) is 7.15. The van der Waals surface area contributed by atoms with Crippen molar-refractivity contribution in [2.24, 2.45) is 11.7 Å². The van der Waals surface area contributed by atoms with Gasteiger partial charge in [0.15, 0.2) is 0 Å². The van der Waals surface area contributed by atoms with Gasteiger partial charge >= 0.3 is 0 Å². The molecule has 1 amide bonds.